The zero-order chi connectivity index (χ0) is 13.3. The van der Waals surface area contributed by atoms with Gasteiger partial charge in [-0.1, -0.05) is 64.9 Å². The summed E-state index contributed by atoms with van der Waals surface area (Å²) < 4.78 is 11.7. The van der Waals surface area contributed by atoms with Crippen molar-refractivity contribution in [3.8, 4) is 0 Å². The Labute approximate surface area is 110 Å². The number of rotatable bonds is 10. The van der Waals surface area contributed by atoms with E-state index in [1.165, 1.54) is 32.1 Å². The van der Waals surface area contributed by atoms with Gasteiger partial charge in [0.15, 0.2) is 5.16 Å². The summed E-state index contributed by atoms with van der Waals surface area (Å²) in [6.07, 6.45) is 8.82. The molecule has 0 aliphatic rings. The average Bonchev–Trinajstić information content (AvgIpc) is 2.33. The second-order valence-electron chi connectivity index (χ2n) is 5.77. The molecule has 2 heteroatoms. The van der Waals surface area contributed by atoms with E-state index in [0.717, 1.165) is 12.8 Å². The fourth-order valence-electron chi connectivity index (χ4n) is 2.76. The van der Waals surface area contributed by atoms with Gasteiger partial charge in [0, 0.05) is 11.8 Å². The Bertz CT molecular complexity index is 203. The van der Waals surface area contributed by atoms with Crippen LogP contribution in [-0.2, 0) is 4.57 Å². The van der Waals surface area contributed by atoms with Gasteiger partial charge in [-0.05, 0) is 19.3 Å². The minimum absolute atomic E-state index is 0.0704. The molecule has 0 aliphatic carbocycles. The topological polar surface area (TPSA) is 17.1 Å². The summed E-state index contributed by atoms with van der Waals surface area (Å²) in [5.41, 5.74) is 0. The SMILES string of the molecule is CCCCCCCC([PH+]=O)(C(C)C)C(C)CC. The largest absolute Gasteiger partial charge is 0.331 e. The van der Waals surface area contributed by atoms with Crippen LogP contribution >= 0.6 is 8.46 Å². The van der Waals surface area contributed by atoms with E-state index in [9.17, 15) is 4.57 Å². The Balaban J connectivity index is 4.33. The lowest BCUT2D eigenvalue weighted by molar-refractivity contribution is 0.272. The Morgan fingerprint density at radius 2 is 1.59 bits per heavy atom. The number of hydrogen-bond donors (Lipinski definition) is 0. The summed E-state index contributed by atoms with van der Waals surface area (Å²) >= 11 is 0. The van der Waals surface area contributed by atoms with E-state index in [2.05, 4.69) is 34.6 Å². The molecule has 0 aromatic carbocycles. The van der Waals surface area contributed by atoms with Gasteiger partial charge in [-0.2, -0.15) is 0 Å². The maximum absolute atomic E-state index is 11.7. The first-order valence-corrected chi connectivity index (χ1v) is 8.35. The number of unbranched alkanes of at least 4 members (excludes halogenated alkanes) is 4. The molecule has 0 bridgehead atoms. The van der Waals surface area contributed by atoms with Crippen LogP contribution in [0.4, 0.5) is 0 Å². The molecular weight excluding hydrogens is 227 g/mol. The molecule has 102 valence electrons. The molecule has 0 saturated carbocycles. The van der Waals surface area contributed by atoms with Crippen LogP contribution in [0, 0.1) is 11.8 Å². The molecule has 3 unspecified atom stereocenters. The van der Waals surface area contributed by atoms with Crippen LogP contribution in [0.3, 0.4) is 0 Å². The van der Waals surface area contributed by atoms with Gasteiger partial charge in [0.25, 0.3) is 0 Å². The maximum atomic E-state index is 11.7. The van der Waals surface area contributed by atoms with Crippen LogP contribution in [0.15, 0.2) is 0 Å². The molecule has 0 saturated heterocycles. The molecule has 0 rings (SSSR count). The second kappa shape index (κ2) is 9.09. The molecule has 0 aliphatic heterocycles. The molecule has 0 radical (unpaired) electrons. The molecule has 0 spiro atoms. The Kier molecular flexibility index (Phi) is 9.14. The summed E-state index contributed by atoms with van der Waals surface area (Å²) in [4.78, 5) is 0. The van der Waals surface area contributed by atoms with Crippen LogP contribution in [0.2, 0.25) is 0 Å². The molecule has 0 aromatic rings. The van der Waals surface area contributed by atoms with Crippen molar-refractivity contribution >= 4 is 8.46 Å². The van der Waals surface area contributed by atoms with Gasteiger partial charge in [0.2, 0.25) is 0 Å². The zero-order valence-electron chi connectivity index (χ0n) is 12.5. The Hall–Kier alpha value is 0.100. The first-order valence-electron chi connectivity index (χ1n) is 7.44. The molecular formula is C15H32OP+. The molecule has 3 atom stereocenters. The predicted octanol–water partition coefficient (Wildman–Crippen LogP) is 5.81. The third-order valence-electron chi connectivity index (χ3n) is 4.41. The molecule has 0 amide bonds. The van der Waals surface area contributed by atoms with Crippen molar-refractivity contribution in [3.63, 3.8) is 0 Å². The minimum Gasteiger partial charge on any atom is -0.0768 e. The van der Waals surface area contributed by atoms with Crippen LogP contribution in [0.5, 0.6) is 0 Å². The summed E-state index contributed by atoms with van der Waals surface area (Å²) in [5.74, 6) is 1.10. The highest BCUT2D eigenvalue weighted by Crippen LogP contribution is 2.44. The van der Waals surface area contributed by atoms with Crippen molar-refractivity contribution in [2.24, 2.45) is 11.8 Å². The lowest BCUT2D eigenvalue weighted by Gasteiger charge is -2.30. The fourth-order valence-corrected chi connectivity index (χ4v) is 3.68. The first kappa shape index (κ1) is 17.1. The van der Waals surface area contributed by atoms with E-state index in [4.69, 9.17) is 0 Å². The smallest absolute Gasteiger partial charge is 0.0768 e. The summed E-state index contributed by atoms with van der Waals surface area (Å²) in [7, 11) is -0.151. The van der Waals surface area contributed by atoms with E-state index < -0.39 is 0 Å². The summed E-state index contributed by atoms with van der Waals surface area (Å²) in [5, 5.41) is 0.0704. The zero-order valence-corrected chi connectivity index (χ0v) is 13.5. The normalized spacial score (nSPS) is 17.3. The van der Waals surface area contributed by atoms with Crippen molar-refractivity contribution in [3.05, 3.63) is 0 Å². The van der Waals surface area contributed by atoms with Crippen LogP contribution in [0.25, 0.3) is 0 Å². The van der Waals surface area contributed by atoms with Gasteiger partial charge in [-0.15, -0.1) is 0 Å². The average molecular weight is 259 g/mol. The number of hydrogen-bond acceptors (Lipinski definition) is 1. The molecule has 0 aromatic heterocycles. The highest BCUT2D eigenvalue weighted by Gasteiger charge is 2.45. The summed E-state index contributed by atoms with van der Waals surface area (Å²) in [6, 6.07) is 0. The van der Waals surface area contributed by atoms with Gasteiger partial charge in [-0.25, -0.2) is 0 Å². The van der Waals surface area contributed by atoms with Crippen molar-refractivity contribution < 1.29 is 4.57 Å². The van der Waals surface area contributed by atoms with E-state index in [0.29, 0.717) is 11.8 Å². The van der Waals surface area contributed by atoms with Gasteiger partial charge in [-0.3, -0.25) is 0 Å². The van der Waals surface area contributed by atoms with E-state index >= 15 is 0 Å². The molecule has 0 heterocycles. The standard InChI is InChI=1S/C15H31OP/c1-6-8-9-10-11-12-15(17-16,13(3)4)14(5)7-2/h13-14H,6-12H2,1-5H3/p+1. The van der Waals surface area contributed by atoms with Crippen LogP contribution < -0.4 is 0 Å². The van der Waals surface area contributed by atoms with Crippen LogP contribution in [0.1, 0.15) is 79.6 Å². The lowest BCUT2D eigenvalue weighted by Crippen LogP contribution is -2.36. The summed E-state index contributed by atoms with van der Waals surface area (Å²) in [6.45, 7) is 11.2. The molecule has 0 N–H and O–H groups in total. The molecule has 17 heavy (non-hydrogen) atoms. The second-order valence-corrected chi connectivity index (χ2v) is 6.91. The van der Waals surface area contributed by atoms with Gasteiger partial charge in [0.05, 0.1) is 0 Å². The quantitative estimate of drug-likeness (QED) is 0.357. The third-order valence-corrected chi connectivity index (χ3v) is 6.11. The van der Waals surface area contributed by atoms with Gasteiger partial charge < -0.3 is 0 Å². The van der Waals surface area contributed by atoms with E-state index in [1.807, 2.05) is 0 Å². The van der Waals surface area contributed by atoms with E-state index in [-0.39, 0.29) is 13.6 Å². The maximum Gasteiger partial charge on any atom is 0.331 e. The minimum atomic E-state index is -0.151. The predicted molar refractivity (Wildman–Crippen MR) is 79.4 cm³/mol. The molecule has 1 nitrogen and oxygen atoms in total. The lowest BCUT2D eigenvalue weighted by atomic mass is 9.78. The van der Waals surface area contributed by atoms with Gasteiger partial charge in [0.1, 0.15) is 0 Å². The monoisotopic (exact) mass is 259 g/mol. The third kappa shape index (κ3) is 5.08. The highest BCUT2D eigenvalue weighted by molar-refractivity contribution is 7.26. The fraction of sp³-hybridized carbons (Fsp3) is 1.00. The highest BCUT2D eigenvalue weighted by atomic mass is 31.1. The van der Waals surface area contributed by atoms with Crippen molar-refractivity contribution in [1.29, 1.82) is 0 Å². The Morgan fingerprint density at radius 3 is 2.00 bits per heavy atom. The van der Waals surface area contributed by atoms with Gasteiger partial charge >= 0.3 is 8.46 Å². The van der Waals surface area contributed by atoms with Crippen molar-refractivity contribution in [1.82, 2.24) is 0 Å². The molecule has 0 fully saturated rings. The van der Waals surface area contributed by atoms with Crippen molar-refractivity contribution in [2.75, 3.05) is 0 Å². The van der Waals surface area contributed by atoms with Crippen molar-refractivity contribution in [2.45, 2.75) is 84.7 Å². The van der Waals surface area contributed by atoms with Crippen LogP contribution in [-0.4, -0.2) is 5.16 Å². The Morgan fingerprint density at radius 1 is 1.00 bits per heavy atom. The first-order chi connectivity index (χ1) is 8.05. The van der Waals surface area contributed by atoms with E-state index in [1.54, 1.807) is 0 Å².